The van der Waals surface area contributed by atoms with Crippen LogP contribution in [0.4, 0.5) is 0 Å². The molecule has 0 aliphatic heterocycles. The van der Waals surface area contributed by atoms with Crippen molar-refractivity contribution < 1.29 is 19.1 Å². The van der Waals surface area contributed by atoms with Crippen molar-refractivity contribution in [1.82, 2.24) is 9.80 Å². The van der Waals surface area contributed by atoms with Crippen molar-refractivity contribution >= 4 is 18.0 Å². The van der Waals surface area contributed by atoms with E-state index in [1.807, 2.05) is 60.5 Å². The van der Waals surface area contributed by atoms with Gasteiger partial charge >= 0.3 is 0 Å². The number of Topliss-reactive ketones (excluding diaryl/α,β-unsaturated/α-hetero) is 1. The summed E-state index contributed by atoms with van der Waals surface area (Å²) in [6.07, 6.45) is 0.923. The van der Waals surface area contributed by atoms with Crippen molar-refractivity contribution in [2.24, 2.45) is 23.7 Å². The van der Waals surface area contributed by atoms with Crippen LogP contribution in [0.2, 0.25) is 0 Å². The molecule has 0 bridgehead atoms. The van der Waals surface area contributed by atoms with Gasteiger partial charge in [-0.2, -0.15) is 0 Å². The summed E-state index contributed by atoms with van der Waals surface area (Å²) in [6, 6.07) is -0.434. The number of likely N-dealkylation sites (N-methyl/N-ethyl adjacent to an activating group) is 2. The molecule has 0 rings (SSSR count). The van der Waals surface area contributed by atoms with Gasteiger partial charge in [-0.15, -0.1) is 0 Å². The van der Waals surface area contributed by atoms with Crippen molar-refractivity contribution in [3.8, 4) is 0 Å². The molecule has 4 atom stereocenters. The minimum Gasteiger partial charge on any atom is -0.379 e. The van der Waals surface area contributed by atoms with Crippen LogP contribution < -0.4 is 0 Å². The highest BCUT2D eigenvalue weighted by atomic mass is 16.5. The lowest BCUT2D eigenvalue weighted by Crippen LogP contribution is -2.52. The first-order valence-corrected chi connectivity index (χ1v) is 10.3. The van der Waals surface area contributed by atoms with Crippen molar-refractivity contribution in [2.45, 2.75) is 72.6 Å². The number of amides is 1. The lowest BCUT2D eigenvalue weighted by Gasteiger charge is -2.39. The summed E-state index contributed by atoms with van der Waals surface area (Å²) in [5.74, 6) is -0.0268. The Morgan fingerprint density at radius 1 is 0.929 bits per heavy atom. The van der Waals surface area contributed by atoms with Crippen LogP contribution in [0.1, 0.15) is 54.4 Å². The highest BCUT2D eigenvalue weighted by Crippen LogP contribution is 2.26. The second kappa shape index (κ2) is 12.3. The Morgan fingerprint density at radius 2 is 1.46 bits per heavy atom. The van der Waals surface area contributed by atoms with Gasteiger partial charge in [0.05, 0.1) is 18.2 Å². The van der Waals surface area contributed by atoms with E-state index in [1.54, 1.807) is 19.1 Å². The average Bonchev–Trinajstić information content (AvgIpc) is 2.57. The number of hydrogen-bond acceptors (Lipinski definition) is 5. The molecule has 0 N–H and O–H groups in total. The van der Waals surface area contributed by atoms with Crippen LogP contribution in [0, 0.1) is 23.7 Å². The highest BCUT2D eigenvalue weighted by Gasteiger charge is 2.37. The van der Waals surface area contributed by atoms with Gasteiger partial charge in [-0.3, -0.25) is 14.5 Å². The summed E-state index contributed by atoms with van der Waals surface area (Å²) in [5.41, 5.74) is 0. The minimum absolute atomic E-state index is 0.0359. The zero-order valence-electron chi connectivity index (χ0n) is 19.6. The zero-order valence-corrected chi connectivity index (χ0v) is 19.6. The second-order valence-electron chi connectivity index (χ2n) is 9.03. The quantitative estimate of drug-likeness (QED) is 0.446. The Balaban J connectivity index is 5.63. The third kappa shape index (κ3) is 7.28. The van der Waals surface area contributed by atoms with E-state index in [-0.39, 0.29) is 60.5 Å². The molecule has 6 nitrogen and oxygen atoms in total. The molecule has 0 saturated heterocycles. The molecule has 164 valence electrons. The maximum atomic E-state index is 13.4. The van der Waals surface area contributed by atoms with Crippen LogP contribution in [-0.4, -0.2) is 74.2 Å². The number of aldehydes is 1. The number of ketones is 1. The van der Waals surface area contributed by atoms with E-state index >= 15 is 0 Å². The van der Waals surface area contributed by atoms with Gasteiger partial charge < -0.3 is 14.4 Å². The van der Waals surface area contributed by atoms with Gasteiger partial charge in [-0.25, -0.2) is 0 Å². The first-order valence-electron chi connectivity index (χ1n) is 10.3. The van der Waals surface area contributed by atoms with E-state index in [0.29, 0.717) is 0 Å². The molecule has 0 unspecified atom stereocenters. The lowest BCUT2D eigenvalue weighted by molar-refractivity contribution is -0.145. The average molecular weight is 399 g/mol. The van der Waals surface area contributed by atoms with Gasteiger partial charge in [0.1, 0.15) is 6.29 Å². The predicted octanol–water partition coefficient (Wildman–Crippen LogP) is 2.89. The van der Waals surface area contributed by atoms with Crippen LogP contribution in [0.25, 0.3) is 0 Å². The monoisotopic (exact) mass is 398 g/mol. The van der Waals surface area contributed by atoms with E-state index in [4.69, 9.17) is 4.74 Å². The van der Waals surface area contributed by atoms with Gasteiger partial charge in [-0.05, 0) is 31.8 Å². The predicted molar refractivity (Wildman–Crippen MR) is 113 cm³/mol. The molecule has 0 aromatic carbocycles. The number of methoxy groups -OCH3 is 1. The number of nitrogens with zero attached hydrogens (tertiary/aromatic N) is 2. The molecule has 0 aliphatic carbocycles. The van der Waals surface area contributed by atoms with Crippen molar-refractivity contribution in [3.05, 3.63) is 0 Å². The fourth-order valence-corrected chi connectivity index (χ4v) is 4.21. The molecular weight excluding hydrogens is 356 g/mol. The first kappa shape index (κ1) is 26.7. The third-order valence-corrected chi connectivity index (χ3v) is 5.55. The maximum absolute atomic E-state index is 13.4. The van der Waals surface area contributed by atoms with Gasteiger partial charge in [0, 0.05) is 32.9 Å². The number of rotatable bonds is 13. The van der Waals surface area contributed by atoms with Crippen LogP contribution in [0.3, 0.4) is 0 Å². The molecule has 0 aromatic heterocycles. The van der Waals surface area contributed by atoms with Crippen LogP contribution in [0.5, 0.6) is 0 Å². The topological polar surface area (TPSA) is 66.9 Å². The number of carbonyl (C=O) groups is 3. The molecule has 0 fully saturated rings. The second-order valence-corrected chi connectivity index (χ2v) is 9.03. The van der Waals surface area contributed by atoms with Gasteiger partial charge in [0.2, 0.25) is 5.91 Å². The molecule has 1 amide bonds. The van der Waals surface area contributed by atoms with Crippen LogP contribution in [0.15, 0.2) is 0 Å². The molecule has 0 aromatic rings. The molecule has 0 spiro atoms. The Kier molecular flexibility index (Phi) is 11.8. The van der Waals surface area contributed by atoms with Gasteiger partial charge in [0.25, 0.3) is 0 Å². The maximum Gasteiger partial charge on any atom is 0.226 e. The smallest absolute Gasteiger partial charge is 0.226 e. The van der Waals surface area contributed by atoms with Crippen molar-refractivity contribution in [3.63, 3.8) is 0 Å². The van der Waals surface area contributed by atoms with E-state index in [1.165, 1.54) is 0 Å². The van der Waals surface area contributed by atoms with Crippen LogP contribution in [-0.2, 0) is 19.1 Å². The first-order chi connectivity index (χ1) is 12.9. The summed E-state index contributed by atoms with van der Waals surface area (Å²) in [5, 5.41) is 0. The standard InChI is InChI=1S/C22H42N2O4/c1-14(2)17(13-18(26)20(15(3)4)23(7)8)22(27)24(9)21(16(5)6)19(28-10)11-12-25/h12,14-17,19-21H,11,13H2,1-10H3/t17-,19+,20-,21-/m0/s1. The molecule has 0 heterocycles. The summed E-state index contributed by atoms with van der Waals surface area (Å²) in [6.45, 7) is 12.0. The van der Waals surface area contributed by atoms with E-state index in [0.717, 1.165) is 6.29 Å². The fourth-order valence-electron chi connectivity index (χ4n) is 4.21. The van der Waals surface area contributed by atoms with Gasteiger partial charge in [-0.1, -0.05) is 41.5 Å². The summed E-state index contributed by atoms with van der Waals surface area (Å²) >= 11 is 0. The van der Waals surface area contributed by atoms with Crippen LogP contribution >= 0.6 is 0 Å². The van der Waals surface area contributed by atoms with E-state index in [2.05, 4.69) is 0 Å². The highest BCUT2D eigenvalue weighted by molar-refractivity contribution is 5.90. The largest absolute Gasteiger partial charge is 0.379 e. The Labute approximate surface area is 172 Å². The lowest BCUT2D eigenvalue weighted by atomic mass is 9.84. The molecule has 6 heteroatoms. The van der Waals surface area contributed by atoms with E-state index in [9.17, 15) is 14.4 Å². The molecule has 0 saturated carbocycles. The summed E-state index contributed by atoms with van der Waals surface area (Å²) < 4.78 is 5.51. The van der Waals surface area contributed by atoms with Crippen molar-refractivity contribution in [1.29, 1.82) is 0 Å². The summed E-state index contributed by atoms with van der Waals surface area (Å²) in [4.78, 5) is 41.0. The normalized spacial score (nSPS) is 16.4. The number of hydrogen-bond donors (Lipinski definition) is 0. The summed E-state index contributed by atoms with van der Waals surface area (Å²) in [7, 11) is 7.13. The zero-order chi connectivity index (χ0) is 22.2. The number of carbonyl (C=O) groups excluding carboxylic acids is 3. The number of ether oxygens (including phenoxy) is 1. The fraction of sp³-hybridized carbons (Fsp3) is 0.864. The Bertz CT molecular complexity index is 495. The third-order valence-electron chi connectivity index (χ3n) is 5.55. The Morgan fingerprint density at radius 3 is 1.79 bits per heavy atom. The SMILES string of the molecule is CO[C@H](CC=O)[C@H](C(C)C)N(C)C(=O)[C@@H](CC(=O)[C@H](C(C)C)N(C)C)C(C)C. The molecule has 0 aliphatic rings. The molecular formula is C22H42N2O4. The molecule has 0 radical (unpaired) electrons. The minimum atomic E-state index is -0.395. The molecule has 28 heavy (non-hydrogen) atoms. The van der Waals surface area contributed by atoms with Gasteiger partial charge in [0.15, 0.2) is 5.78 Å². The van der Waals surface area contributed by atoms with E-state index < -0.39 is 5.92 Å². The van der Waals surface area contributed by atoms with Crippen molar-refractivity contribution in [2.75, 3.05) is 28.3 Å². The Hall–Kier alpha value is -1.27.